The lowest BCUT2D eigenvalue weighted by Gasteiger charge is -2.27. The molecule has 0 bridgehead atoms. The van der Waals surface area contributed by atoms with Gasteiger partial charge in [-0.05, 0) is 29.8 Å². The van der Waals surface area contributed by atoms with E-state index in [-0.39, 0.29) is 22.6 Å². The van der Waals surface area contributed by atoms with Crippen molar-refractivity contribution in [2.24, 2.45) is 0 Å². The SMILES string of the molecule is COc1cc(OC)cc(N2C(=O)C(=O)/C(=C(/O)c3c(OC)cccc3OC)C2c2ccc(N(C)C)cc2)c1. The van der Waals surface area contributed by atoms with Gasteiger partial charge in [-0.2, -0.15) is 0 Å². The Labute approximate surface area is 221 Å². The number of carbonyl (C=O) groups is 2. The van der Waals surface area contributed by atoms with Gasteiger partial charge in [0.05, 0.1) is 45.7 Å². The zero-order valence-corrected chi connectivity index (χ0v) is 22.1. The summed E-state index contributed by atoms with van der Waals surface area (Å²) in [5.41, 5.74) is 1.99. The number of ether oxygens (including phenoxy) is 4. The molecule has 1 fully saturated rings. The molecular formula is C29H30N2O7. The van der Waals surface area contributed by atoms with Crippen molar-refractivity contribution >= 4 is 28.8 Å². The molecule has 4 rings (SSSR count). The summed E-state index contributed by atoms with van der Waals surface area (Å²) in [7, 11) is 9.72. The van der Waals surface area contributed by atoms with Gasteiger partial charge in [-0.1, -0.05) is 18.2 Å². The predicted molar refractivity (Wildman–Crippen MR) is 145 cm³/mol. The number of aliphatic hydroxyl groups is 1. The number of hydrogen-bond donors (Lipinski definition) is 1. The molecule has 1 amide bonds. The number of Topliss-reactive ketones (excluding diaryl/α,β-unsaturated/α-hetero) is 1. The van der Waals surface area contributed by atoms with Crippen LogP contribution in [0.15, 0.2) is 66.2 Å². The molecule has 9 heteroatoms. The Kier molecular flexibility index (Phi) is 7.47. The lowest BCUT2D eigenvalue weighted by Crippen LogP contribution is -2.29. The van der Waals surface area contributed by atoms with E-state index in [1.807, 2.05) is 43.3 Å². The molecule has 1 saturated heterocycles. The van der Waals surface area contributed by atoms with E-state index in [0.717, 1.165) is 5.69 Å². The van der Waals surface area contributed by atoms with Crippen LogP contribution >= 0.6 is 0 Å². The Morgan fingerprint density at radius 1 is 0.816 bits per heavy atom. The number of benzene rings is 3. The number of methoxy groups -OCH3 is 4. The maximum Gasteiger partial charge on any atom is 0.300 e. The third-order valence-electron chi connectivity index (χ3n) is 6.45. The van der Waals surface area contributed by atoms with E-state index in [9.17, 15) is 14.7 Å². The molecule has 1 N–H and O–H groups in total. The normalized spacial score (nSPS) is 16.4. The minimum Gasteiger partial charge on any atom is -0.506 e. The molecule has 0 radical (unpaired) electrons. The first-order valence-electron chi connectivity index (χ1n) is 11.8. The van der Waals surface area contributed by atoms with Gasteiger partial charge in [-0.3, -0.25) is 14.5 Å². The highest BCUT2D eigenvalue weighted by atomic mass is 16.5. The van der Waals surface area contributed by atoms with Crippen LogP contribution in [0.5, 0.6) is 23.0 Å². The van der Waals surface area contributed by atoms with Crippen LogP contribution in [0.2, 0.25) is 0 Å². The molecule has 38 heavy (non-hydrogen) atoms. The number of anilines is 2. The van der Waals surface area contributed by atoms with Gasteiger partial charge in [0.15, 0.2) is 0 Å². The second-order valence-corrected chi connectivity index (χ2v) is 8.76. The van der Waals surface area contributed by atoms with E-state index in [1.54, 1.807) is 36.4 Å². The van der Waals surface area contributed by atoms with Gasteiger partial charge in [0.25, 0.3) is 11.7 Å². The Hall–Kier alpha value is -4.66. The molecule has 1 aliphatic rings. The predicted octanol–water partition coefficient (Wildman–Crippen LogP) is 4.41. The monoisotopic (exact) mass is 518 g/mol. The highest BCUT2D eigenvalue weighted by molar-refractivity contribution is 6.51. The van der Waals surface area contributed by atoms with Gasteiger partial charge in [0.1, 0.15) is 34.3 Å². The van der Waals surface area contributed by atoms with Crippen molar-refractivity contribution in [3.05, 3.63) is 77.4 Å². The molecule has 0 aromatic heterocycles. The number of amides is 1. The van der Waals surface area contributed by atoms with E-state index >= 15 is 0 Å². The summed E-state index contributed by atoms with van der Waals surface area (Å²) >= 11 is 0. The van der Waals surface area contributed by atoms with E-state index in [4.69, 9.17) is 18.9 Å². The fraction of sp³-hybridized carbons (Fsp3) is 0.241. The molecule has 198 valence electrons. The maximum atomic E-state index is 13.6. The van der Waals surface area contributed by atoms with Crippen LogP contribution in [0.1, 0.15) is 17.2 Å². The smallest absolute Gasteiger partial charge is 0.300 e. The molecule has 1 heterocycles. The van der Waals surface area contributed by atoms with Crippen LogP contribution in [0.3, 0.4) is 0 Å². The zero-order chi connectivity index (χ0) is 27.6. The van der Waals surface area contributed by atoms with Gasteiger partial charge >= 0.3 is 0 Å². The Balaban J connectivity index is 2.02. The van der Waals surface area contributed by atoms with E-state index in [2.05, 4.69) is 0 Å². The largest absolute Gasteiger partial charge is 0.506 e. The molecule has 0 spiro atoms. The Morgan fingerprint density at radius 2 is 1.37 bits per heavy atom. The average Bonchev–Trinajstić information content (AvgIpc) is 3.21. The van der Waals surface area contributed by atoms with Crippen LogP contribution in [0.4, 0.5) is 11.4 Å². The molecule has 0 saturated carbocycles. The number of nitrogens with zero attached hydrogens (tertiary/aromatic N) is 2. The van der Waals surface area contributed by atoms with Crippen molar-refractivity contribution in [3.63, 3.8) is 0 Å². The summed E-state index contributed by atoms with van der Waals surface area (Å²) < 4.78 is 21.7. The summed E-state index contributed by atoms with van der Waals surface area (Å²) in [5, 5.41) is 11.6. The Morgan fingerprint density at radius 3 is 1.84 bits per heavy atom. The second kappa shape index (κ2) is 10.8. The van der Waals surface area contributed by atoms with Gasteiger partial charge in [0.2, 0.25) is 0 Å². The summed E-state index contributed by atoms with van der Waals surface area (Å²) in [4.78, 5) is 30.5. The van der Waals surface area contributed by atoms with Crippen LogP contribution in [0.25, 0.3) is 5.76 Å². The highest BCUT2D eigenvalue weighted by Crippen LogP contribution is 2.46. The minimum absolute atomic E-state index is 0.0998. The summed E-state index contributed by atoms with van der Waals surface area (Å²) in [6.07, 6.45) is 0. The minimum atomic E-state index is -0.961. The molecule has 1 aliphatic heterocycles. The summed E-state index contributed by atoms with van der Waals surface area (Å²) in [6.45, 7) is 0. The Bertz CT molecular complexity index is 1350. The van der Waals surface area contributed by atoms with Crippen LogP contribution in [0, 0.1) is 0 Å². The molecule has 1 atom stereocenters. The van der Waals surface area contributed by atoms with Crippen molar-refractivity contribution in [2.45, 2.75) is 6.04 Å². The van der Waals surface area contributed by atoms with Crippen molar-refractivity contribution in [3.8, 4) is 23.0 Å². The third-order valence-corrected chi connectivity index (χ3v) is 6.45. The number of ketones is 1. The molecule has 3 aromatic rings. The summed E-state index contributed by atoms with van der Waals surface area (Å²) in [5.74, 6) is -0.604. The first kappa shape index (κ1) is 26.4. The lowest BCUT2D eigenvalue weighted by molar-refractivity contribution is -0.132. The quantitative estimate of drug-likeness (QED) is 0.266. The highest BCUT2D eigenvalue weighted by Gasteiger charge is 2.47. The lowest BCUT2D eigenvalue weighted by atomic mass is 9.94. The summed E-state index contributed by atoms with van der Waals surface area (Å²) in [6, 6.07) is 16.4. The van der Waals surface area contributed by atoms with Crippen molar-refractivity contribution in [1.82, 2.24) is 0 Å². The van der Waals surface area contributed by atoms with E-state index in [1.165, 1.54) is 33.3 Å². The van der Waals surface area contributed by atoms with E-state index in [0.29, 0.717) is 22.7 Å². The molecular weight excluding hydrogens is 488 g/mol. The number of carbonyl (C=O) groups excluding carboxylic acids is 2. The van der Waals surface area contributed by atoms with Crippen LogP contribution in [-0.2, 0) is 9.59 Å². The second-order valence-electron chi connectivity index (χ2n) is 8.76. The number of hydrogen-bond acceptors (Lipinski definition) is 8. The third kappa shape index (κ3) is 4.58. The first-order chi connectivity index (χ1) is 18.2. The number of aliphatic hydroxyl groups excluding tert-OH is 1. The fourth-order valence-electron chi connectivity index (χ4n) is 4.52. The van der Waals surface area contributed by atoms with Crippen LogP contribution < -0.4 is 28.7 Å². The molecule has 1 unspecified atom stereocenters. The van der Waals surface area contributed by atoms with E-state index < -0.39 is 23.5 Å². The topological polar surface area (TPSA) is 97.8 Å². The van der Waals surface area contributed by atoms with Crippen LogP contribution in [-0.4, -0.2) is 59.3 Å². The molecule has 3 aromatic carbocycles. The standard InChI is InChI=1S/C29H30N2O7/c1-30(2)18-12-10-17(11-13-18)26-25(27(32)24-22(37-5)8-7-9-23(24)38-6)28(33)29(34)31(26)19-14-20(35-3)16-21(15-19)36-4/h7-16,26,32H,1-6H3/b27-25+. The van der Waals surface area contributed by atoms with Crippen molar-refractivity contribution in [1.29, 1.82) is 0 Å². The molecule has 0 aliphatic carbocycles. The van der Waals surface area contributed by atoms with Gasteiger partial charge < -0.3 is 29.0 Å². The number of rotatable bonds is 8. The van der Waals surface area contributed by atoms with Gasteiger partial charge in [-0.25, -0.2) is 0 Å². The maximum absolute atomic E-state index is 13.6. The van der Waals surface area contributed by atoms with Gasteiger partial charge in [-0.15, -0.1) is 0 Å². The van der Waals surface area contributed by atoms with Gasteiger partial charge in [0, 0.05) is 38.0 Å². The van der Waals surface area contributed by atoms with Crippen molar-refractivity contribution < 1.29 is 33.6 Å². The average molecular weight is 519 g/mol. The first-order valence-corrected chi connectivity index (χ1v) is 11.8. The fourth-order valence-corrected chi connectivity index (χ4v) is 4.52. The van der Waals surface area contributed by atoms with Crippen molar-refractivity contribution in [2.75, 3.05) is 52.3 Å². The molecule has 9 nitrogen and oxygen atoms in total. The zero-order valence-electron chi connectivity index (χ0n) is 22.1.